The Balaban J connectivity index is 2.38. The largest absolute Gasteiger partial charge is 0.387 e. The molecule has 0 saturated heterocycles. The lowest BCUT2D eigenvalue weighted by Gasteiger charge is -2.03. The number of hydrogen-bond acceptors (Lipinski definition) is 3. The van der Waals surface area contributed by atoms with E-state index >= 15 is 0 Å². The Morgan fingerprint density at radius 1 is 1.67 bits per heavy atom. The second-order valence-corrected chi connectivity index (χ2v) is 3.75. The van der Waals surface area contributed by atoms with Crippen molar-refractivity contribution in [2.75, 3.05) is 5.32 Å². The Labute approximate surface area is 74.0 Å². The average Bonchev–Trinajstić information content (AvgIpc) is 2.44. The molecule has 1 amide bonds. The zero-order valence-electron chi connectivity index (χ0n) is 6.41. The van der Waals surface area contributed by atoms with Crippen LogP contribution in [0.3, 0.4) is 0 Å². The van der Waals surface area contributed by atoms with E-state index in [9.17, 15) is 9.90 Å². The van der Waals surface area contributed by atoms with Gasteiger partial charge in [-0.3, -0.25) is 4.79 Å². The van der Waals surface area contributed by atoms with Crippen LogP contribution in [0.1, 0.15) is 23.8 Å². The van der Waals surface area contributed by atoms with Gasteiger partial charge in [-0.15, -0.1) is 11.3 Å². The standard InChI is InChI=1S/C8H9NO2S/c10-6-1-2-7(11)9-5-3-4-12-8(5)6/h3-4,6,10H,1-2H2,(H,9,11). The first-order valence-electron chi connectivity index (χ1n) is 3.82. The molecule has 0 saturated carbocycles. The Bertz CT molecular complexity index is 308. The fourth-order valence-electron chi connectivity index (χ4n) is 1.29. The van der Waals surface area contributed by atoms with E-state index in [1.807, 2.05) is 11.4 Å². The molecule has 1 aromatic heterocycles. The fraction of sp³-hybridized carbons (Fsp3) is 0.375. The normalized spacial score (nSPS) is 22.8. The topological polar surface area (TPSA) is 49.3 Å². The highest BCUT2D eigenvalue weighted by Crippen LogP contribution is 2.33. The van der Waals surface area contributed by atoms with Gasteiger partial charge in [-0.2, -0.15) is 0 Å². The van der Waals surface area contributed by atoms with E-state index in [0.717, 1.165) is 10.6 Å². The first-order valence-corrected chi connectivity index (χ1v) is 4.70. The van der Waals surface area contributed by atoms with E-state index in [-0.39, 0.29) is 5.91 Å². The van der Waals surface area contributed by atoms with Crippen molar-refractivity contribution in [3.8, 4) is 0 Å². The first-order chi connectivity index (χ1) is 5.77. The van der Waals surface area contributed by atoms with Crippen LogP contribution < -0.4 is 5.32 Å². The molecule has 1 aliphatic rings. The summed E-state index contributed by atoms with van der Waals surface area (Å²) in [7, 11) is 0. The lowest BCUT2D eigenvalue weighted by molar-refractivity contribution is -0.116. The van der Waals surface area contributed by atoms with Crippen molar-refractivity contribution in [2.24, 2.45) is 0 Å². The highest BCUT2D eigenvalue weighted by Gasteiger charge is 2.20. The molecule has 0 bridgehead atoms. The second kappa shape index (κ2) is 2.88. The van der Waals surface area contributed by atoms with Crippen molar-refractivity contribution < 1.29 is 9.90 Å². The van der Waals surface area contributed by atoms with Gasteiger partial charge in [0.05, 0.1) is 16.7 Å². The molecule has 1 aromatic rings. The Hall–Kier alpha value is -0.870. The molecule has 0 spiro atoms. The summed E-state index contributed by atoms with van der Waals surface area (Å²) in [6, 6.07) is 1.83. The third kappa shape index (κ3) is 1.23. The lowest BCUT2D eigenvalue weighted by Crippen LogP contribution is -2.08. The molecule has 3 nitrogen and oxygen atoms in total. The van der Waals surface area contributed by atoms with E-state index in [4.69, 9.17) is 0 Å². The van der Waals surface area contributed by atoms with Gasteiger partial charge in [0.15, 0.2) is 0 Å². The molecule has 0 aliphatic carbocycles. The molecule has 64 valence electrons. The zero-order chi connectivity index (χ0) is 8.55. The van der Waals surface area contributed by atoms with Crippen LogP contribution in [0.25, 0.3) is 0 Å². The predicted octanol–water partition coefficient (Wildman–Crippen LogP) is 1.51. The number of thiophene rings is 1. The lowest BCUT2D eigenvalue weighted by atomic mass is 10.2. The van der Waals surface area contributed by atoms with Gasteiger partial charge in [-0.25, -0.2) is 0 Å². The summed E-state index contributed by atoms with van der Waals surface area (Å²) >= 11 is 1.48. The number of aliphatic hydroxyl groups excluding tert-OH is 1. The molecule has 1 aliphatic heterocycles. The molecular weight excluding hydrogens is 174 g/mol. The maximum absolute atomic E-state index is 11.1. The molecule has 4 heteroatoms. The second-order valence-electron chi connectivity index (χ2n) is 2.80. The molecular formula is C8H9NO2S. The number of nitrogens with one attached hydrogen (secondary N) is 1. The third-order valence-electron chi connectivity index (χ3n) is 1.92. The van der Waals surface area contributed by atoms with Crippen molar-refractivity contribution in [1.82, 2.24) is 0 Å². The smallest absolute Gasteiger partial charge is 0.224 e. The fourth-order valence-corrected chi connectivity index (χ4v) is 2.17. The quantitative estimate of drug-likeness (QED) is 0.640. The summed E-state index contributed by atoms with van der Waals surface area (Å²) in [6.45, 7) is 0. The first kappa shape index (κ1) is 7.76. The average molecular weight is 183 g/mol. The van der Waals surface area contributed by atoms with Crippen molar-refractivity contribution in [1.29, 1.82) is 0 Å². The van der Waals surface area contributed by atoms with Gasteiger partial charge in [0.1, 0.15) is 0 Å². The van der Waals surface area contributed by atoms with E-state index < -0.39 is 6.10 Å². The van der Waals surface area contributed by atoms with Gasteiger partial charge in [0.25, 0.3) is 0 Å². The van der Waals surface area contributed by atoms with Crippen LogP contribution in [0.5, 0.6) is 0 Å². The molecule has 1 atom stereocenters. The summed E-state index contributed by atoms with van der Waals surface area (Å²) in [5, 5.41) is 14.2. The van der Waals surface area contributed by atoms with Crippen LogP contribution in [-0.4, -0.2) is 11.0 Å². The van der Waals surface area contributed by atoms with E-state index in [1.165, 1.54) is 11.3 Å². The Morgan fingerprint density at radius 2 is 2.50 bits per heavy atom. The summed E-state index contributed by atoms with van der Waals surface area (Å²) in [4.78, 5) is 11.9. The number of amides is 1. The number of hydrogen-bond donors (Lipinski definition) is 2. The summed E-state index contributed by atoms with van der Waals surface area (Å²) in [5.74, 6) is -0.00815. The number of anilines is 1. The van der Waals surface area contributed by atoms with Gasteiger partial charge < -0.3 is 10.4 Å². The van der Waals surface area contributed by atoms with Crippen molar-refractivity contribution in [3.05, 3.63) is 16.3 Å². The highest BCUT2D eigenvalue weighted by atomic mass is 32.1. The number of carbonyl (C=O) groups excluding carboxylic acids is 1. The zero-order valence-corrected chi connectivity index (χ0v) is 7.23. The summed E-state index contributed by atoms with van der Waals surface area (Å²) < 4.78 is 0. The van der Waals surface area contributed by atoms with Crippen LogP contribution in [0.15, 0.2) is 11.4 Å². The number of fused-ring (bicyclic) bond motifs is 1. The molecule has 2 rings (SSSR count). The summed E-state index contributed by atoms with van der Waals surface area (Å²) in [6.07, 6.45) is 0.459. The maximum atomic E-state index is 11.1. The molecule has 0 aromatic carbocycles. The van der Waals surface area contributed by atoms with Crippen LogP contribution in [-0.2, 0) is 4.79 Å². The van der Waals surface area contributed by atoms with Gasteiger partial charge in [-0.05, 0) is 17.9 Å². The van der Waals surface area contributed by atoms with Crippen molar-refractivity contribution in [2.45, 2.75) is 18.9 Å². The Kier molecular flexibility index (Phi) is 1.86. The molecule has 0 radical (unpaired) electrons. The molecule has 2 heterocycles. The minimum absolute atomic E-state index is 0.00815. The van der Waals surface area contributed by atoms with Gasteiger partial charge >= 0.3 is 0 Å². The van der Waals surface area contributed by atoms with E-state index in [1.54, 1.807) is 0 Å². The van der Waals surface area contributed by atoms with Gasteiger partial charge in [-0.1, -0.05) is 0 Å². The van der Waals surface area contributed by atoms with Crippen LogP contribution in [0.2, 0.25) is 0 Å². The molecule has 2 N–H and O–H groups in total. The van der Waals surface area contributed by atoms with E-state index in [2.05, 4.69) is 5.32 Å². The van der Waals surface area contributed by atoms with Crippen molar-refractivity contribution >= 4 is 22.9 Å². The third-order valence-corrected chi connectivity index (χ3v) is 2.93. The highest BCUT2D eigenvalue weighted by molar-refractivity contribution is 7.10. The maximum Gasteiger partial charge on any atom is 0.224 e. The minimum atomic E-state index is -0.473. The predicted molar refractivity (Wildman–Crippen MR) is 47.1 cm³/mol. The molecule has 12 heavy (non-hydrogen) atoms. The Morgan fingerprint density at radius 3 is 3.33 bits per heavy atom. The van der Waals surface area contributed by atoms with Crippen LogP contribution >= 0.6 is 11.3 Å². The van der Waals surface area contributed by atoms with Gasteiger partial charge in [0, 0.05) is 6.42 Å². The number of aliphatic hydroxyl groups is 1. The number of carbonyl (C=O) groups is 1. The summed E-state index contributed by atoms with van der Waals surface area (Å²) in [5.41, 5.74) is 0.773. The van der Waals surface area contributed by atoms with Crippen LogP contribution in [0.4, 0.5) is 5.69 Å². The SMILES string of the molecule is O=C1CCC(O)c2sccc2N1. The van der Waals surface area contributed by atoms with E-state index in [0.29, 0.717) is 12.8 Å². The minimum Gasteiger partial charge on any atom is -0.387 e. The number of rotatable bonds is 0. The monoisotopic (exact) mass is 183 g/mol. The van der Waals surface area contributed by atoms with Crippen LogP contribution in [0, 0.1) is 0 Å². The molecule has 1 unspecified atom stereocenters. The molecule has 0 fully saturated rings. The van der Waals surface area contributed by atoms with Crippen molar-refractivity contribution in [3.63, 3.8) is 0 Å². The van der Waals surface area contributed by atoms with Gasteiger partial charge in [0.2, 0.25) is 5.91 Å².